The molecule has 0 radical (unpaired) electrons. The minimum absolute atomic E-state index is 0.0432. The van der Waals surface area contributed by atoms with E-state index in [-0.39, 0.29) is 11.3 Å². The van der Waals surface area contributed by atoms with Crippen LogP contribution in [0.15, 0.2) is 15.3 Å². The van der Waals surface area contributed by atoms with Crippen LogP contribution in [0.25, 0.3) is 11.0 Å². The second kappa shape index (κ2) is 12.7. The van der Waals surface area contributed by atoms with Crippen LogP contribution in [0.3, 0.4) is 0 Å². The van der Waals surface area contributed by atoms with Gasteiger partial charge in [0.05, 0.1) is 0 Å². The Morgan fingerprint density at radius 1 is 0.844 bits per heavy atom. The maximum atomic E-state index is 13.2. The molecule has 1 saturated heterocycles. The Hall–Kier alpha value is -4.13. The summed E-state index contributed by atoms with van der Waals surface area (Å²) >= 11 is 0. The van der Waals surface area contributed by atoms with Gasteiger partial charge in [0.15, 0.2) is 23.5 Å². The average Bonchev–Trinajstić information content (AvgIpc) is 2.94. The van der Waals surface area contributed by atoms with E-state index in [2.05, 4.69) is 0 Å². The maximum absolute atomic E-state index is 13.2. The van der Waals surface area contributed by atoms with Crippen LogP contribution in [-0.2, 0) is 62.1 Å². The molecule has 1 aromatic heterocycles. The van der Waals surface area contributed by atoms with Crippen LogP contribution in [0.5, 0.6) is 11.5 Å². The molecule has 3 heterocycles. The van der Waals surface area contributed by atoms with Crippen LogP contribution in [0.1, 0.15) is 77.5 Å². The summed E-state index contributed by atoms with van der Waals surface area (Å²) in [6, 6.07) is 1.97. The van der Waals surface area contributed by atoms with E-state index in [9.17, 15) is 24.0 Å². The molecule has 0 saturated carbocycles. The van der Waals surface area contributed by atoms with Crippen LogP contribution in [-0.4, -0.2) is 66.8 Å². The molecule has 5 unspecified atom stereocenters. The van der Waals surface area contributed by atoms with Crippen molar-refractivity contribution in [3.63, 3.8) is 0 Å². The molecule has 1 fully saturated rings. The van der Waals surface area contributed by atoms with Crippen molar-refractivity contribution in [3.8, 4) is 11.5 Å². The number of ether oxygens (including phenoxy) is 7. The SMILES string of the molecule is CC(=O)OCC1OC(Oc2c3c(cc4c5c(c(=O)oc24)CCCC5)CCC(C)(C)O3)C(OC(C)=O)C(OC(C)=O)C1OC(C)=O. The lowest BCUT2D eigenvalue weighted by Crippen LogP contribution is -2.63. The Labute approximate surface area is 259 Å². The molecule has 1 aliphatic carbocycles. The summed E-state index contributed by atoms with van der Waals surface area (Å²) in [5, 5.41) is 0.701. The Kier molecular flexibility index (Phi) is 9.11. The third kappa shape index (κ3) is 6.92. The Bertz CT molecular complexity index is 1570. The van der Waals surface area contributed by atoms with Crippen molar-refractivity contribution in [3.05, 3.63) is 33.2 Å². The normalized spacial score (nSPS) is 25.2. The Balaban J connectivity index is 1.68. The molecule has 2 aromatic rings. The van der Waals surface area contributed by atoms with Gasteiger partial charge in [-0.3, -0.25) is 19.2 Å². The summed E-state index contributed by atoms with van der Waals surface area (Å²) < 4.78 is 46.8. The van der Waals surface area contributed by atoms with Crippen LogP contribution in [0.2, 0.25) is 0 Å². The molecule has 0 bridgehead atoms. The van der Waals surface area contributed by atoms with Crippen molar-refractivity contribution < 1.29 is 56.8 Å². The molecular formula is C32H38O13. The van der Waals surface area contributed by atoms with Gasteiger partial charge in [0.1, 0.15) is 18.3 Å². The van der Waals surface area contributed by atoms with Crippen LogP contribution < -0.4 is 15.1 Å². The molecule has 244 valence electrons. The number of carbonyl (C=O) groups is 4. The molecule has 5 atom stereocenters. The molecule has 0 amide bonds. The van der Waals surface area contributed by atoms with Gasteiger partial charge in [0.25, 0.3) is 0 Å². The van der Waals surface area contributed by atoms with Crippen molar-refractivity contribution in [1.29, 1.82) is 0 Å². The standard InChI is InChI=1S/C32H38O13/c1-15(33)38-14-23-26(39-16(2)34)28(40-17(3)35)29(41-18(4)36)31(42-23)44-27-24-19(11-12-32(5,6)45-24)13-22-20-9-7-8-10-21(20)30(37)43-25(22)27/h13,23,26,28-29,31H,7-12,14H2,1-6H3. The number of carbonyl (C=O) groups excluding carboxylic acids is 4. The molecule has 5 rings (SSSR count). The number of fused-ring (bicyclic) bond motifs is 4. The molecule has 2 aliphatic heterocycles. The predicted octanol–water partition coefficient (Wildman–Crippen LogP) is 3.24. The minimum atomic E-state index is -1.53. The van der Waals surface area contributed by atoms with E-state index in [1.807, 2.05) is 19.9 Å². The first kappa shape index (κ1) is 32.3. The highest BCUT2D eigenvalue weighted by atomic mass is 16.7. The van der Waals surface area contributed by atoms with Crippen molar-refractivity contribution in [1.82, 2.24) is 0 Å². The van der Waals surface area contributed by atoms with E-state index < -0.39 is 72.4 Å². The summed E-state index contributed by atoms with van der Waals surface area (Å²) in [7, 11) is 0. The molecule has 0 N–H and O–H groups in total. The first-order valence-electron chi connectivity index (χ1n) is 15.0. The third-order valence-electron chi connectivity index (χ3n) is 8.06. The zero-order chi connectivity index (χ0) is 32.6. The van der Waals surface area contributed by atoms with Crippen LogP contribution in [0.4, 0.5) is 0 Å². The highest BCUT2D eigenvalue weighted by Gasteiger charge is 2.54. The zero-order valence-electron chi connectivity index (χ0n) is 26.2. The fourth-order valence-corrected chi connectivity index (χ4v) is 6.15. The van der Waals surface area contributed by atoms with Crippen LogP contribution in [0, 0.1) is 0 Å². The fraction of sp³-hybridized carbons (Fsp3) is 0.594. The van der Waals surface area contributed by atoms with Gasteiger partial charge in [-0.05, 0) is 69.6 Å². The van der Waals surface area contributed by atoms with E-state index >= 15 is 0 Å². The molecule has 0 spiro atoms. The lowest BCUT2D eigenvalue weighted by Gasteiger charge is -2.44. The van der Waals surface area contributed by atoms with Gasteiger partial charge in [-0.1, -0.05) is 0 Å². The summed E-state index contributed by atoms with van der Waals surface area (Å²) in [6.45, 7) is 8.02. The second-order valence-corrected chi connectivity index (χ2v) is 12.2. The number of hydrogen-bond donors (Lipinski definition) is 0. The molecule has 13 heteroatoms. The molecule has 1 aromatic carbocycles. The van der Waals surface area contributed by atoms with Gasteiger partial charge in [-0.15, -0.1) is 0 Å². The van der Waals surface area contributed by atoms with Crippen molar-refractivity contribution in [2.75, 3.05) is 6.61 Å². The highest BCUT2D eigenvalue weighted by Crippen LogP contribution is 2.47. The van der Waals surface area contributed by atoms with Crippen LogP contribution >= 0.6 is 0 Å². The molecular weight excluding hydrogens is 592 g/mol. The molecule has 45 heavy (non-hydrogen) atoms. The smallest absolute Gasteiger partial charge is 0.339 e. The van der Waals surface area contributed by atoms with Gasteiger partial charge in [0, 0.05) is 38.6 Å². The predicted molar refractivity (Wildman–Crippen MR) is 155 cm³/mol. The van der Waals surface area contributed by atoms with Crippen molar-refractivity contribution >= 4 is 34.8 Å². The highest BCUT2D eigenvalue weighted by molar-refractivity contribution is 5.90. The fourth-order valence-electron chi connectivity index (χ4n) is 6.15. The van der Waals surface area contributed by atoms with Gasteiger partial charge < -0.3 is 37.6 Å². The van der Waals surface area contributed by atoms with E-state index in [1.165, 1.54) is 6.92 Å². The van der Waals surface area contributed by atoms with Gasteiger partial charge in [0.2, 0.25) is 18.1 Å². The Morgan fingerprint density at radius 3 is 2.11 bits per heavy atom. The number of aryl methyl sites for hydroxylation is 2. The number of esters is 4. The zero-order valence-corrected chi connectivity index (χ0v) is 26.2. The summed E-state index contributed by atoms with van der Waals surface area (Å²) in [5.41, 5.74) is 1.37. The summed E-state index contributed by atoms with van der Waals surface area (Å²) in [5.74, 6) is -2.57. The largest absolute Gasteiger partial charge is 0.484 e. The van der Waals surface area contributed by atoms with E-state index in [4.69, 9.17) is 37.6 Å². The number of rotatable bonds is 7. The topological polar surface area (TPSA) is 163 Å². The van der Waals surface area contributed by atoms with Gasteiger partial charge in [-0.2, -0.15) is 0 Å². The molecule has 13 nitrogen and oxygen atoms in total. The lowest BCUT2D eigenvalue weighted by atomic mass is 9.88. The first-order valence-corrected chi connectivity index (χ1v) is 15.0. The quantitative estimate of drug-likeness (QED) is 0.249. The van der Waals surface area contributed by atoms with Crippen molar-refractivity contribution in [2.45, 2.75) is 116 Å². The first-order chi connectivity index (χ1) is 21.2. The average molecular weight is 631 g/mol. The minimum Gasteiger partial charge on any atom is -0.484 e. The lowest BCUT2D eigenvalue weighted by molar-refractivity contribution is -0.288. The number of hydrogen-bond acceptors (Lipinski definition) is 13. The third-order valence-corrected chi connectivity index (χ3v) is 8.06. The summed E-state index contributed by atoms with van der Waals surface area (Å²) in [4.78, 5) is 61.7. The number of benzene rings is 1. The van der Waals surface area contributed by atoms with E-state index in [1.54, 1.807) is 0 Å². The Morgan fingerprint density at radius 2 is 1.47 bits per heavy atom. The van der Waals surface area contributed by atoms with Gasteiger partial charge >= 0.3 is 29.5 Å². The van der Waals surface area contributed by atoms with Crippen molar-refractivity contribution in [2.24, 2.45) is 0 Å². The monoisotopic (exact) mass is 630 g/mol. The van der Waals surface area contributed by atoms with E-state index in [0.29, 0.717) is 42.4 Å². The van der Waals surface area contributed by atoms with E-state index in [0.717, 1.165) is 44.7 Å². The second-order valence-electron chi connectivity index (χ2n) is 12.2. The molecule has 3 aliphatic rings. The summed E-state index contributed by atoms with van der Waals surface area (Å²) in [6.07, 6.45) is -2.60. The maximum Gasteiger partial charge on any atom is 0.339 e. The van der Waals surface area contributed by atoms with Gasteiger partial charge in [-0.25, -0.2) is 4.79 Å².